The number of rotatable bonds is 3. The molecule has 0 atom stereocenters. The number of nitrogens with zero attached hydrogens (tertiary/aromatic N) is 6. The summed E-state index contributed by atoms with van der Waals surface area (Å²) < 4.78 is 3.39. The second-order valence-electron chi connectivity index (χ2n) is 5.86. The highest BCUT2D eigenvalue weighted by atomic mass is 16.1. The van der Waals surface area contributed by atoms with Crippen molar-refractivity contribution in [1.82, 2.24) is 24.1 Å². The zero-order valence-corrected chi connectivity index (χ0v) is 14.0. The summed E-state index contributed by atoms with van der Waals surface area (Å²) in [6.45, 7) is 2.21. The zero-order chi connectivity index (χ0) is 18.1. The molecule has 0 unspecified atom stereocenters. The van der Waals surface area contributed by atoms with Crippen molar-refractivity contribution in [2.75, 3.05) is 0 Å². The SMILES string of the molecule is Cc1nnc(-c2cccc(C#N)c2)n1Cc1cc(=O)n2ccccc2n1. The molecule has 0 aliphatic heterocycles. The van der Waals surface area contributed by atoms with Crippen LogP contribution in [0.2, 0.25) is 0 Å². The Balaban J connectivity index is 1.79. The molecule has 0 saturated carbocycles. The molecule has 126 valence electrons. The summed E-state index contributed by atoms with van der Waals surface area (Å²) >= 11 is 0. The minimum atomic E-state index is -0.135. The Morgan fingerprint density at radius 2 is 2.00 bits per heavy atom. The molecular weight excluding hydrogens is 328 g/mol. The summed E-state index contributed by atoms with van der Waals surface area (Å²) in [5.74, 6) is 1.34. The molecule has 0 bridgehead atoms. The van der Waals surface area contributed by atoms with Gasteiger partial charge in [-0.05, 0) is 31.2 Å². The van der Waals surface area contributed by atoms with Gasteiger partial charge in [0.25, 0.3) is 5.56 Å². The van der Waals surface area contributed by atoms with Crippen LogP contribution in [-0.4, -0.2) is 24.1 Å². The van der Waals surface area contributed by atoms with Crippen LogP contribution >= 0.6 is 0 Å². The van der Waals surface area contributed by atoms with Gasteiger partial charge in [-0.3, -0.25) is 9.20 Å². The summed E-state index contributed by atoms with van der Waals surface area (Å²) in [5.41, 5.74) is 2.43. The summed E-state index contributed by atoms with van der Waals surface area (Å²) in [6, 6.07) is 16.3. The van der Waals surface area contributed by atoms with Gasteiger partial charge in [0, 0.05) is 17.8 Å². The number of aryl methyl sites for hydroxylation is 1. The maximum absolute atomic E-state index is 12.3. The van der Waals surface area contributed by atoms with E-state index >= 15 is 0 Å². The Bertz CT molecular complexity index is 1210. The van der Waals surface area contributed by atoms with Crippen LogP contribution in [0.1, 0.15) is 17.1 Å². The molecule has 3 heterocycles. The molecule has 0 aliphatic carbocycles. The van der Waals surface area contributed by atoms with Crippen molar-refractivity contribution in [2.24, 2.45) is 0 Å². The molecule has 3 aromatic heterocycles. The first-order chi connectivity index (χ1) is 12.7. The Morgan fingerprint density at radius 3 is 2.85 bits per heavy atom. The van der Waals surface area contributed by atoms with E-state index in [-0.39, 0.29) is 5.56 Å². The largest absolute Gasteiger partial charge is 0.305 e. The normalized spacial score (nSPS) is 10.8. The highest BCUT2D eigenvalue weighted by Gasteiger charge is 2.13. The maximum Gasteiger partial charge on any atom is 0.258 e. The number of benzene rings is 1. The van der Waals surface area contributed by atoms with Crippen LogP contribution in [0.15, 0.2) is 59.5 Å². The van der Waals surface area contributed by atoms with Crippen LogP contribution in [0, 0.1) is 18.3 Å². The Morgan fingerprint density at radius 1 is 1.12 bits per heavy atom. The van der Waals surface area contributed by atoms with Gasteiger partial charge in [-0.15, -0.1) is 10.2 Å². The molecule has 26 heavy (non-hydrogen) atoms. The predicted octanol–water partition coefficient (Wildman–Crippen LogP) is 2.18. The van der Waals surface area contributed by atoms with Crippen molar-refractivity contribution >= 4 is 5.65 Å². The smallest absolute Gasteiger partial charge is 0.258 e. The van der Waals surface area contributed by atoms with E-state index in [4.69, 9.17) is 5.26 Å². The minimum absolute atomic E-state index is 0.135. The molecule has 0 amide bonds. The van der Waals surface area contributed by atoms with Gasteiger partial charge < -0.3 is 4.57 Å². The lowest BCUT2D eigenvalue weighted by atomic mass is 10.1. The standard InChI is InChI=1S/C19H14N6O/c1-13-22-23-19(15-6-4-5-14(9-15)11-20)25(13)12-16-10-18(26)24-8-3-2-7-17(24)21-16/h2-10H,12H2,1H3. The third-order valence-electron chi connectivity index (χ3n) is 4.13. The van der Waals surface area contributed by atoms with Gasteiger partial charge in [0.15, 0.2) is 5.82 Å². The summed E-state index contributed by atoms with van der Waals surface area (Å²) in [6.07, 6.45) is 1.69. The second kappa shape index (κ2) is 6.26. The molecule has 7 nitrogen and oxygen atoms in total. The van der Waals surface area contributed by atoms with E-state index < -0.39 is 0 Å². The first-order valence-corrected chi connectivity index (χ1v) is 8.03. The molecule has 4 rings (SSSR count). The fourth-order valence-electron chi connectivity index (χ4n) is 2.86. The maximum atomic E-state index is 12.3. The van der Waals surface area contributed by atoms with Crippen LogP contribution in [0.3, 0.4) is 0 Å². The quantitative estimate of drug-likeness (QED) is 0.569. The van der Waals surface area contributed by atoms with E-state index in [0.29, 0.717) is 35.1 Å². The van der Waals surface area contributed by atoms with Gasteiger partial charge in [-0.2, -0.15) is 5.26 Å². The number of hydrogen-bond donors (Lipinski definition) is 0. The van der Waals surface area contributed by atoms with Gasteiger partial charge in [0.1, 0.15) is 11.5 Å². The number of fused-ring (bicyclic) bond motifs is 1. The number of aromatic nitrogens is 5. The molecule has 0 fully saturated rings. The van der Waals surface area contributed by atoms with Gasteiger partial charge in [-0.25, -0.2) is 4.98 Å². The lowest BCUT2D eigenvalue weighted by Gasteiger charge is -2.09. The number of pyridine rings is 1. The second-order valence-corrected chi connectivity index (χ2v) is 5.86. The molecule has 4 aromatic rings. The van der Waals surface area contributed by atoms with Crippen LogP contribution in [0.25, 0.3) is 17.0 Å². The van der Waals surface area contributed by atoms with Crippen molar-refractivity contribution in [2.45, 2.75) is 13.5 Å². The van der Waals surface area contributed by atoms with E-state index in [1.807, 2.05) is 29.7 Å². The third kappa shape index (κ3) is 2.74. The predicted molar refractivity (Wildman–Crippen MR) is 95.5 cm³/mol. The number of hydrogen-bond acceptors (Lipinski definition) is 5. The average Bonchev–Trinajstić information content (AvgIpc) is 3.02. The third-order valence-corrected chi connectivity index (χ3v) is 4.13. The first-order valence-electron chi connectivity index (χ1n) is 8.03. The molecular formula is C19H14N6O. The van der Waals surface area contributed by atoms with E-state index in [0.717, 1.165) is 5.56 Å². The van der Waals surface area contributed by atoms with Gasteiger partial charge in [0.2, 0.25) is 0 Å². The monoisotopic (exact) mass is 342 g/mol. The van der Waals surface area contributed by atoms with Crippen LogP contribution in [0.4, 0.5) is 0 Å². The zero-order valence-electron chi connectivity index (χ0n) is 14.0. The molecule has 0 N–H and O–H groups in total. The van der Waals surface area contributed by atoms with Crippen LogP contribution in [0.5, 0.6) is 0 Å². The van der Waals surface area contributed by atoms with E-state index in [9.17, 15) is 4.79 Å². The van der Waals surface area contributed by atoms with Crippen molar-refractivity contribution in [3.05, 3.63) is 82.2 Å². The Labute approximate surface area is 148 Å². The van der Waals surface area contributed by atoms with Gasteiger partial charge in [0.05, 0.1) is 23.9 Å². The van der Waals surface area contributed by atoms with Crippen LogP contribution in [-0.2, 0) is 6.54 Å². The fraction of sp³-hybridized carbons (Fsp3) is 0.105. The Kier molecular flexibility index (Phi) is 3.78. The average molecular weight is 342 g/mol. The van der Waals surface area contributed by atoms with Crippen molar-refractivity contribution in [1.29, 1.82) is 5.26 Å². The lowest BCUT2D eigenvalue weighted by Crippen LogP contribution is -2.17. The van der Waals surface area contributed by atoms with Crippen molar-refractivity contribution in [3.63, 3.8) is 0 Å². The van der Waals surface area contributed by atoms with E-state index in [1.165, 1.54) is 10.5 Å². The Hall–Kier alpha value is -3.79. The molecule has 0 spiro atoms. The topological polar surface area (TPSA) is 88.9 Å². The van der Waals surface area contributed by atoms with Crippen LogP contribution < -0.4 is 5.56 Å². The van der Waals surface area contributed by atoms with Gasteiger partial charge in [-0.1, -0.05) is 18.2 Å². The first kappa shape index (κ1) is 15.7. The summed E-state index contributed by atoms with van der Waals surface area (Å²) in [5, 5.41) is 17.5. The van der Waals surface area contributed by atoms with Crippen molar-refractivity contribution in [3.8, 4) is 17.5 Å². The summed E-state index contributed by atoms with van der Waals surface area (Å²) in [7, 11) is 0. The van der Waals surface area contributed by atoms with E-state index in [1.54, 1.807) is 30.5 Å². The van der Waals surface area contributed by atoms with Gasteiger partial charge >= 0.3 is 0 Å². The highest BCUT2D eigenvalue weighted by Crippen LogP contribution is 2.20. The summed E-state index contributed by atoms with van der Waals surface area (Å²) in [4.78, 5) is 16.9. The van der Waals surface area contributed by atoms with Crippen molar-refractivity contribution < 1.29 is 0 Å². The minimum Gasteiger partial charge on any atom is -0.305 e. The number of nitriles is 1. The molecule has 7 heteroatoms. The molecule has 1 aromatic carbocycles. The van der Waals surface area contributed by atoms with E-state index in [2.05, 4.69) is 21.3 Å². The fourth-order valence-corrected chi connectivity index (χ4v) is 2.86. The lowest BCUT2D eigenvalue weighted by molar-refractivity contribution is 0.744. The molecule has 0 aliphatic rings. The molecule has 0 radical (unpaired) electrons. The highest BCUT2D eigenvalue weighted by molar-refractivity contribution is 5.58. The molecule has 0 saturated heterocycles.